The van der Waals surface area contributed by atoms with Gasteiger partial charge in [0.15, 0.2) is 0 Å². The Morgan fingerprint density at radius 3 is 2.90 bits per heavy atom. The molecule has 0 aliphatic rings. The number of hydrogen-bond acceptors (Lipinski definition) is 6. The number of hydrogen-bond donors (Lipinski definition) is 2. The van der Waals surface area contributed by atoms with Crippen molar-refractivity contribution in [2.24, 2.45) is 0 Å². The zero-order valence-corrected chi connectivity index (χ0v) is 12.6. The van der Waals surface area contributed by atoms with Crippen molar-refractivity contribution in [2.45, 2.75) is 31.3 Å². The molecule has 20 heavy (non-hydrogen) atoms. The average molecular weight is 316 g/mol. The van der Waals surface area contributed by atoms with Crippen LogP contribution in [0.2, 0.25) is 0 Å². The highest BCUT2D eigenvalue weighted by Crippen LogP contribution is 2.13. The van der Waals surface area contributed by atoms with Crippen molar-refractivity contribution in [3.63, 3.8) is 0 Å². The van der Waals surface area contributed by atoms with Crippen molar-refractivity contribution in [2.75, 3.05) is 6.61 Å². The Morgan fingerprint density at radius 1 is 1.45 bits per heavy atom. The Balaban J connectivity index is 2.00. The molecule has 2 aromatic heterocycles. The summed E-state index contributed by atoms with van der Waals surface area (Å²) in [6.45, 7) is 2.62. The summed E-state index contributed by atoms with van der Waals surface area (Å²) < 4.78 is 28.2. The average Bonchev–Trinajstić information content (AvgIpc) is 3.03. The van der Waals surface area contributed by atoms with Crippen LogP contribution in [0.25, 0.3) is 0 Å². The molecule has 0 amide bonds. The van der Waals surface area contributed by atoms with Gasteiger partial charge in [-0.25, -0.2) is 18.1 Å². The predicted molar refractivity (Wildman–Crippen MR) is 74.8 cm³/mol. The van der Waals surface area contributed by atoms with Crippen LogP contribution in [-0.4, -0.2) is 34.9 Å². The van der Waals surface area contributed by atoms with Gasteiger partial charge in [0.25, 0.3) is 0 Å². The molecule has 0 saturated carbocycles. The lowest BCUT2D eigenvalue weighted by Crippen LogP contribution is -2.22. The zero-order valence-electron chi connectivity index (χ0n) is 11.0. The summed E-state index contributed by atoms with van der Waals surface area (Å²) in [4.78, 5) is 5.05. The van der Waals surface area contributed by atoms with Crippen LogP contribution in [0, 0.1) is 6.92 Å². The molecule has 110 valence electrons. The van der Waals surface area contributed by atoms with Gasteiger partial charge < -0.3 is 5.11 Å². The molecule has 2 N–H and O–H groups in total. The third-order valence-corrected chi connectivity index (χ3v) is 4.84. The van der Waals surface area contributed by atoms with Gasteiger partial charge in [-0.05, 0) is 13.3 Å². The summed E-state index contributed by atoms with van der Waals surface area (Å²) in [7, 11) is -3.57. The summed E-state index contributed by atoms with van der Waals surface area (Å²) in [6, 6.07) is 0. The quantitative estimate of drug-likeness (QED) is 0.775. The Morgan fingerprint density at radius 2 is 2.25 bits per heavy atom. The molecular formula is C11H16N4O3S2. The minimum Gasteiger partial charge on any atom is -0.396 e. The SMILES string of the molecule is Cc1ncc(CNS(=O)(=O)c2cnn(CCCO)c2)s1. The molecule has 0 saturated heterocycles. The second-order valence-electron chi connectivity index (χ2n) is 4.19. The number of nitrogens with one attached hydrogen (secondary N) is 1. The molecule has 0 bridgehead atoms. The summed E-state index contributed by atoms with van der Waals surface area (Å²) in [6.07, 6.45) is 4.95. The Kier molecular flexibility index (Phi) is 4.86. The first kappa shape index (κ1) is 15.1. The van der Waals surface area contributed by atoms with E-state index in [9.17, 15) is 8.42 Å². The third-order valence-electron chi connectivity index (χ3n) is 2.57. The number of aliphatic hydroxyl groups is 1. The minimum absolute atomic E-state index is 0.0465. The normalized spacial score (nSPS) is 11.9. The molecule has 7 nitrogen and oxygen atoms in total. The van der Waals surface area contributed by atoms with E-state index < -0.39 is 10.0 Å². The smallest absolute Gasteiger partial charge is 0.244 e. The van der Waals surface area contributed by atoms with Gasteiger partial charge in [0.2, 0.25) is 10.0 Å². The van der Waals surface area contributed by atoms with Crippen molar-refractivity contribution in [1.82, 2.24) is 19.5 Å². The summed E-state index contributed by atoms with van der Waals surface area (Å²) >= 11 is 1.45. The van der Waals surface area contributed by atoms with Crippen LogP contribution >= 0.6 is 11.3 Å². The highest BCUT2D eigenvalue weighted by atomic mass is 32.2. The molecule has 0 atom stereocenters. The van der Waals surface area contributed by atoms with E-state index in [4.69, 9.17) is 5.11 Å². The molecule has 0 aliphatic carbocycles. The number of thiazole rings is 1. The van der Waals surface area contributed by atoms with E-state index >= 15 is 0 Å². The maximum absolute atomic E-state index is 12.1. The van der Waals surface area contributed by atoms with Crippen LogP contribution in [0.15, 0.2) is 23.5 Å². The maximum Gasteiger partial charge on any atom is 0.244 e. The summed E-state index contributed by atoms with van der Waals surface area (Å²) in [5.74, 6) is 0. The Labute approximate surface area is 121 Å². The maximum atomic E-state index is 12.1. The molecule has 0 aliphatic heterocycles. The van der Waals surface area contributed by atoms with Crippen LogP contribution in [-0.2, 0) is 23.1 Å². The van der Waals surface area contributed by atoms with Gasteiger partial charge in [0.1, 0.15) is 4.90 Å². The lowest BCUT2D eigenvalue weighted by Gasteiger charge is -2.02. The van der Waals surface area contributed by atoms with Crippen molar-refractivity contribution in [1.29, 1.82) is 0 Å². The third kappa shape index (κ3) is 3.85. The number of nitrogens with zero attached hydrogens (tertiary/aromatic N) is 3. The second-order valence-corrected chi connectivity index (χ2v) is 7.27. The van der Waals surface area contributed by atoms with Gasteiger partial charge in [-0.15, -0.1) is 11.3 Å². The van der Waals surface area contributed by atoms with E-state index in [2.05, 4.69) is 14.8 Å². The standard InChI is InChI=1S/C11H16N4O3S2/c1-9-12-5-10(19-9)6-14-20(17,18)11-7-13-15(8-11)3-2-4-16/h5,7-8,14,16H,2-4,6H2,1H3. The minimum atomic E-state index is -3.57. The second kappa shape index (κ2) is 6.44. The fourth-order valence-electron chi connectivity index (χ4n) is 1.57. The van der Waals surface area contributed by atoms with Gasteiger partial charge in [0.05, 0.1) is 11.2 Å². The van der Waals surface area contributed by atoms with Crippen LogP contribution in [0.4, 0.5) is 0 Å². The summed E-state index contributed by atoms with van der Waals surface area (Å²) in [5, 5.41) is 13.6. The number of aromatic nitrogens is 3. The molecule has 2 aromatic rings. The van der Waals surface area contributed by atoms with Gasteiger partial charge in [0, 0.05) is 37.0 Å². The summed E-state index contributed by atoms with van der Waals surface area (Å²) in [5.41, 5.74) is 0. The predicted octanol–water partition coefficient (Wildman–Crippen LogP) is 0.509. The lowest BCUT2D eigenvalue weighted by atomic mass is 10.5. The van der Waals surface area contributed by atoms with E-state index in [1.54, 1.807) is 6.20 Å². The van der Waals surface area contributed by atoms with E-state index in [0.29, 0.717) is 13.0 Å². The van der Waals surface area contributed by atoms with Gasteiger partial charge >= 0.3 is 0 Å². The van der Waals surface area contributed by atoms with Gasteiger partial charge in [-0.3, -0.25) is 4.68 Å². The van der Waals surface area contributed by atoms with Crippen molar-refractivity contribution in [3.05, 3.63) is 28.5 Å². The largest absolute Gasteiger partial charge is 0.396 e. The molecule has 9 heteroatoms. The molecule has 2 heterocycles. The Hall–Kier alpha value is -1.29. The van der Waals surface area contributed by atoms with Crippen molar-refractivity contribution < 1.29 is 13.5 Å². The first-order chi connectivity index (χ1) is 9.51. The van der Waals surface area contributed by atoms with Gasteiger partial charge in [-0.1, -0.05) is 0 Å². The number of aryl methyl sites for hydroxylation is 2. The van der Waals surface area contributed by atoms with Gasteiger partial charge in [-0.2, -0.15) is 5.10 Å². The lowest BCUT2D eigenvalue weighted by molar-refractivity contribution is 0.277. The Bertz CT molecular complexity index is 663. The highest BCUT2D eigenvalue weighted by Gasteiger charge is 2.16. The molecule has 0 radical (unpaired) electrons. The highest BCUT2D eigenvalue weighted by molar-refractivity contribution is 7.89. The van der Waals surface area contributed by atoms with Crippen molar-refractivity contribution >= 4 is 21.4 Å². The number of sulfonamides is 1. The molecule has 0 fully saturated rings. The van der Waals surface area contributed by atoms with E-state index in [1.807, 2.05) is 6.92 Å². The fraction of sp³-hybridized carbons (Fsp3) is 0.455. The first-order valence-corrected chi connectivity index (χ1v) is 8.35. The van der Waals surface area contributed by atoms with Crippen LogP contribution in [0.1, 0.15) is 16.3 Å². The monoisotopic (exact) mass is 316 g/mol. The molecule has 2 rings (SSSR count). The first-order valence-electron chi connectivity index (χ1n) is 6.05. The van der Waals surface area contributed by atoms with Crippen LogP contribution in [0.5, 0.6) is 0 Å². The zero-order chi connectivity index (χ0) is 14.6. The fourth-order valence-corrected chi connectivity index (χ4v) is 3.36. The topological polar surface area (TPSA) is 97.1 Å². The van der Waals surface area contributed by atoms with E-state index in [-0.39, 0.29) is 18.0 Å². The molecular weight excluding hydrogens is 300 g/mol. The van der Waals surface area contributed by atoms with Crippen LogP contribution < -0.4 is 4.72 Å². The molecule has 0 spiro atoms. The molecule has 0 unspecified atom stereocenters. The van der Waals surface area contributed by atoms with E-state index in [0.717, 1.165) is 9.88 Å². The number of rotatable bonds is 7. The molecule has 0 aromatic carbocycles. The van der Waals surface area contributed by atoms with Crippen LogP contribution in [0.3, 0.4) is 0 Å². The number of aliphatic hydroxyl groups excluding tert-OH is 1. The van der Waals surface area contributed by atoms with Crippen molar-refractivity contribution in [3.8, 4) is 0 Å². The van der Waals surface area contributed by atoms with E-state index in [1.165, 1.54) is 28.4 Å².